The summed E-state index contributed by atoms with van der Waals surface area (Å²) in [6.45, 7) is 3.63. The van der Waals surface area contributed by atoms with Gasteiger partial charge in [-0.3, -0.25) is 9.36 Å². The number of hydrogen-bond acceptors (Lipinski definition) is 8. The molecular weight excluding hydrogens is 294 g/mol. The molecule has 0 bridgehead atoms. The van der Waals surface area contributed by atoms with E-state index in [2.05, 4.69) is 24.4 Å². The highest BCUT2D eigenvalue weighted by atomic mass is 16.8. The molecule has 0 amide bonds. The second-order valence-electron chi connectivity index (χ2n) is 4.35. The van der Waals surface area contributed by atoms with Crippen LogP contribution < -0.4 is 11.3 Å². The number of benzene rings is 1. The summed E-state index contributed by atoms with van der Waals surface area (Å²) in [4.78, 5) is 27.5. The molecule has 3 aromatic rings. The maximum atomic E-state index is 11.8. The SMILES string of the molecule is CCOC(=O)O/N=c1/oc2cc(C)ccc2n2c(=O)onc12. The second-order valence-corrected chi connectivity index (χ2v) is 4.35. The summed E-state index contributed by atoms with van der Waals surface area (Å²) >= 11 is 0. The van der Waals surface area contributed by atoms with Gasteiger partial charge in [-0.05, 0) is 41.9 Å². The van der Waals surface area contributed by atoms with Gasteiger partial charge in [-0.25, -0.2) is 14.0 Å². The Labute approximate surface area is 122 Å². The minimum atomic E-state index is -0.994. The van der Waals surface area contributed by atoms with Gasteiger partial charge in [0.25, 0.3) is 0 Å². The second kappa shape index (κ2) is 5.35. The van der Waals surface area contributed by atoms with Gasteiger partial charge in [0.2, 0.25) is 5.65 Å². The number of hydrogen-bond donors (Lipinski definition) is 0. The van der Waals surface area contributed by atoms with Crippen LogP contribution in [0, 0.1) is 6.92 Å². The summed E-state index contributed by atoms with van der Waals surface area (Å²) in [7, 11) is 0. The molecule has 114 valence electrons. The van der Waals surface area contributed by atoms with Crippen LogP contribution in [0.3, 0.4) is 0 Å². The zero-order valence-electron chi connectivity index (χ0n) is 11.7. The third-order valence-corrected chi connectivity index (χ3v) is 2.82. The Balaban J connectivity index is 2.26. The Bertz CT molecular complexity index is 981. The molecule has 1 aromatic carbocycles. The van der Waals surface area contributed by atoms with Crippen LogP contribution in [0.2, 0.25) is 0 Å². The number of aromatic nitrogens is 2. The summed E-state index contributed by atoms with van der Waals surface area (Å²) in [5.41, 5.74) is 1.55. The van der Waals surface area contributed by atoms with E-state index >= 15 is 0 Å². The summed E-state index contributed by atoms with van der Waals surface area (Å²) in [6, 6.07) is 5.20. The van der Waals surface area contributed by atoms with Crippen LogP contribution in [0.1, 0.15) is 12.5 Å². The van der Waals surface area contributed by atoms with Gasteiger partial charge in [0.1, 0.15) is 0 Å². The van der Waals surface area contributed by atoms with E-state index in [1.807, 2.05) is 13.0 Å². The fourth-order valence-corrected chi connectivity index (χ4v) is 1.92. The van der Waals surface area contributed by atoms with Crippen molar-refractivity contribution in [2.45, 2.75) is 13.8 Å². The molecule has 0 aliphatic carbocycles. The zero-order valence-corrected chi connectivity index (χ0v) is 11.7. The summed E-state index contributed by atoms with van der Waals surface area (Å²) < 4.78 is 15.9. The van der Waals surface area contributed by atoms with Gasteiger partial charge in [0.15, 0.2) is 5.58 Å². The van der Waals surface area contributed by atoms with Crippen molar-refractivity contribution >= 4 is 22.9 Å². The van der Waals surface area contributed by atoms with Gasteiger partial charge in [-0.2, -0.15) is 0 Å². The first-order chi connectivity index (χ1) is 10.6. The molecule has 0 atom stereocenters. The molecule has 9 nitrogen and oxygen atoms in total. The van der Waals surface area contributed by atoms with Gasteiger partial charge in [0.05, 0.1) is 12.1 Å². The Morgan fingerprint density at radius 2 is 2.27 bits per heavy atom. The summed E-state index contributed by atoms with van der Waals surface area (Å²) in [6.07, 6.45) is -0.994. The fraction of sp³-hybridized carbons (Fsp3) is 0.231. The number of fused-ring (bicyclic) bond motifs is 3. The minimum absolute atomic E-state index is 0.00866. The Hall–Kier alpha value is -3.10. The van der Waals surface area contributed by atoms with E-state index in [9.17, 15) is 9.59 Å². The first kappa shape index (κ1) is 13.9. The molecule has 22 heavy (non-hydrogen) atoms. The molecule has 0 aliphatic rings. The molecule has 0 fully saturated rings. The van der Waals surface area contributed by atoms with Crippen molar-refractivity contribution in [2.24, 2.45) is 5.16 Å². The van der Waals surface area contributed by atoms with Crippen LogP contribution in [0.25, 0.3) is 16.7 Å². The van der Waals surface area contributed by atoms with E-state index in [-0.39, 0.29) is 17.8 Å². The predicted molar refractivity (Wildman–Crippen MR) is 71.9 cm³/mol. The molecule has 2 heterocycles. The van der Waals surface area contributed by atoms with Crippen LogP contribution in [-0.4, -0.2) is 22.3 Å². The molecule has 0 N–H and O–H groups in total. The van der Waals surface area contributed by atoms with Crippen molar-refractivity contribution < 1.29 is 23.3 Å². The molecule has 0 spiro atoms. The van der Waals surface area contributed by atoms with Crippen molar-refractivity contribution in [1.29, 1.82) is 0 Å². The van der Waals surface area contributed by atoms with Crippen molar-refractivity contribution in [3.63, 3.8) is 0 Å². The van der Waals surface area contributed by atoms with Crippen LogP contribution in [0.15, 0.2) is 37.1 Å². The Morgan fingerprint density at radius 3 is 3.05 bits per heavy atom. The van der Waals surface area contributed by atoms with Crippen molar-refractivity contribution in [3.05, 3.63) is 39.9 Å². The lowest BCUT2D eigenvalue weighted by atomic mass is 10.2. The normalized spacial score (nSPS) is 12.0. The third kappa shape index (κ3) is 2.32. The Morgan fingerprint density at radius 1 is 1.45 bits per heavy atom. The summed E-state index contributed by atoms with van der Waals surface area (Å²) in [5.74, 6) is -0.702. The van der Waals surface area contributed by atoms with Crippen LogP contribution in [-0.2, 0) is 9.57 Å². The van der Waals surface area contributed by atoms with Gasteiger partial charge in [0, 0.05) is 0 Å². The van der Waals surface area contributed by atoms with E-state index in [1.165, 1.54) is 4.40 Å². The topological polar surface area (TPSA) is 109 Å². The van der Waals surface area contributed by atoms with Crippen molar-refractivity contribution in [1.82, 2.24) is 9.56 Å². The number of rotatable bonds is 2. The maximum absolute atomic E-state index is 11.8. The van der Waals surface area contributed by atoms with E-state index in [0.29, 0.717) is 11.1 Å². The van der Waals surface area contributed by atoms with E-state index < -0.39 is 11.9 Å². The third-order valence-electron chi connectivity index (χ3n) is 2.82. The minimum Gasteiger partial charge on any atom is -0.433 e. The Kier molecular flexibility index (Phi) is 3.37. The quantitative estimate of drug-likeness (QED) is 0.399. The molecule has 0 saturated carbocycles. The van der Waals surface area contributed by atoms with Gasteiger partial charge < -0.3 is 9.15 Å². The molecule has 0 aliphatic heterocycles. The first-order valence-electron chi connectivity index (χ1n) is 6.40. The largest absolute Gasteiger partial charge is 0.535 e. The van der Waals surface area contributed by atoms with Crippen molar-refractivity contribution in [2.75, 3.05) is 6.61 Å². The summed E-state index contributed by atoms with van der Waals surface area (Å²) in [5, 5.41) is 7.09. The maximum Gasteiger partial charge on any atom is 0.535 e. The zero-order chi connectivity index (χ0) is 15.7. The first-order valence-corrected chi connectivity index (χ1v) is 6.40. The smallest absolute Gasteiger partial charge is 0.433 e. The van der Waals surface area contributed by atoms with Gasteiger partial charge in [-0.1, -0.05) is 6.07 Å². The van der Waals surface area contributed by atoms with Gasteiger partial charge in [-0.15, -0.1) is 0 Å². The monoisotopic (exact) mass is 305 g/mol. The van der Waals surface area contributed by atoms with Gasteiger partial charge >= 0.3 is 17.5 Å². The molecule has 0 saturated heterocycles. The molecule has 3 rings (SSSR count). The van der Waals surface area contributed by atoms with Crippen LogP contribution in [0.4, 0.5) is 4.79 Å². The van der Waals surface area contributed by atoms with E-state index in [0.717, 1.165) is 5.56 Å². The standard InChI is InChI=1S/C13H11N3O6/c1-3-19-13(18)22-15-11-10-14-21-12(17)16(10)8-5-4-7(2)6-9(8)20-11/h4-6H,3H2,1-2H3/b15-11+. The highest BCUT2D eigenvalue weighted by molar-refractivity contribution is 5.75. The molecule has 0 unspecified atom stereocenters. The average Bonchev–Trinajstić information content (AvgIpc) is 2.87. The van der Waals surface area contributed by atoms with Crippen molar-refractivity contribution in [3.8, 4) is 0 Å². The highest BCUT2D eigenvalue weighted by Crippen LogP contribution is 2.14. The molecule has 9 heteroatoms. The molecule has 0 radical (unpaired) electrons. The lowest BCUT2D eigenvalue weighted by Gasteiger charge is -2.01. The van der Waals surface area contributed by atoms with E-state index in [1.54, 1.807) is 19.1 Å². The lowest BCUT2D eigenvalue weighted by molar-refractivity contribution is 0.0554. The highest BCUT2D eigenvalue weighted by Gasteiger charge is 2.13. The number of carbonyl (C=O) groups excluding carboxylic acids is 1. The number of aryl methyl sites for hydroxylation is 1. The number of nitrogens with zero attached hydrogens (tertiary/aromatic N) is 3. The number of ether oxygens (including phenoxy) is 1. The molecule has 2 aromatic heterocycles. The number of carbonyl (C=O) groups is 1. The molecular formula is C13H11N3O6. The van der Waals surface area contributed by atoms with Crippen LogP contribution in [0.5, 0.6) is 0 Å². The van der Waals surface area contributed by atoms with Crippen LogP contribution >= 0.6 is 0 Å². The fourth-order valence-electron chi connectivity index (χ4n) is 1.92. The predicted octanol–water partition coefficient (Wildman–Crippen LogP) is 1.33. The lowest BCUT2D eigenvalue weighted by Crippen LogP contribution is -2.15. The van der Waals surface area contributed by atoms with E-state index in [4.69, 9.17) is 4.42 Å². The average molecular weight is 305 g/mol.